The molecule has 1 heterocycles. The average molecular weight is 166 g/mol. The Morgan fingerprint density at radius 1 is 1.42 bits per heavy atom. The van der Waals surface area contributed by atoms with Crippen LogP contribution in [0.1, 0.15) is 38.6 Å². The molecule has 1 aromatic heterocycles. The maximum absolute atomic E-state index is 4.47. The maximum atomic E-state index is 4.47. The summed E-state index contributed by atoms with van der Waals surface area (Å²) in [7, 11) is 0. The van der Waals surface area contributed by atoms with E-state index in [1.54, 1.807) is 0 Å². The second kappa shape index (κ2) is 2.92. The van der Waals surface area contributed by atoms with Crippen molar-refractivity contribution in [1.82, 2.24) is 9.78 Å². The van der Waals surface area contributed by atoms with Crippen molar-refractivity contribution in [3.63, 3.8) is 0 Å². The van der Waals surface area contributed by atoms with Crippen LogP contribution in [0.5, 0.6) is 0 Å². The first kappa shape index (κ1) is 9.30. The van der Waals surface area contributed by atoms with Crippen molar-refractivity contribution >= 4 is 0 Å². The van der Waals surface area contributed by atoms with Gasteiger partial charge in [-0.2, -0.15) is 5.10 Å². The van der Waals surface area contributed by atoms with E-state index >= 15 is 0 Å². The Kier molecular flexibility index (Phi) is 2.27. The summed E-state index contributed by atoms with van der Waals surface area (Å²) in [5.41, 5.74) is 2.51. The highest BCUT2D eigenvalue weighted by Crippen LogP contribution is 2.20. The number of hydrogen-bond acceptors (Lipinski definition) is 1. The summed E-state index contributed by atoms with van der Waals surface area (Å²) >= 11 is 0. The SMILES string of the molecule is CCC(C)(C)n1nc(C)cc1C. The minimum Gasteiger partial charge on any atom is -0.264 e. The molecule has 2 heteroatoms. The Bertz CT molecular complexity index is 271. The van der Waals surface area contributed by atoms with E-state index in [9.17, 15) is 0 Å². The van der Waals surface area contributed by atoms with Gasteiger partial charge in [-0.3, -0.25) is 4.68 Å². The zero-order valence-electron chi connectivity index (χ0n) is 8.68. The highest BCUT2D eigenvalue weighted by atomic mass is 15.3. The lowest BCUT2D eigenvalue weighted by atomic mass is 10.0. The van der Waals surface area contributed by atoms with Crippen LogP contribution in [0.3, 0.4) is 0 Å². The van der Waals surface area contributed by atoms with E-state index < -0.39 is 0 Å². The Balaban J connectivity index is 3.09. The van der Waals surface area contributed by atoms with E-state index in [1.165, 1.54) is 5.69 Å². The minimum absolute atomic E-state index is 0.151. The van der Waals surface area contributed by atoms with Crippen molar-refractivity contribution in [2.45, 2.75) is 46.6 Å². The lowest BCUT2D eigenvalue weighted by molar-refractivity contribution is 0.300. The molecule has 0 saturated heterocycles. The van der Waals surface area contributed by atoms with E-state index in [0.29, 0.717) is 0 Å². The van der Waals surface area contributed by atoms with Crippen molar-refractivity contribution in [3.8, 4) is 0 Å². The van der Waals surface area contributed by atoms with Crippen molar-refractivity contribution < 1.29 is 0 Å². The van der Waals surface area contributed by atoms with Gasteiger partial charge in [0.1, 0.15) is 0 Å². The summed E-state index contributed by atoms with van der Waals surface area (Å²) in [6.45, 7) is 10.8. The number of aryl methyl sites for hydroxylation is 2. The topological polar surface area (TPSA) is 17.8 Å². The molecule has 0 amide bonds. The third-order valence-electron chi connectivity index (χ3n) is 2.45. The predicted molar refractivity (Wildman–Crippen MR) is 51.3 cm³/mol. The van der Waals surface area contributed by atoms with Gasteiger partial charge in [-0.15, -0.1) is 0 Å². The van der Waals surface area contributed by atoms with Gasteiger partial charge in [0.25, 0.3) is 0 Å². The first-order chi connectivity index (χ1) is 5.47. The number of aromatic nitrogens is 2. The van der Waals surface area contributed by atoms with Crippen LogP contribution >= 0.6 is 0 Å². The summed E-state index contributed by atoms with van der Waals surface area (Å²) < 4.78 is 2.11. The molecule has 2 nitrogen and oxygen atoms in total. The van der Waals surface area contributed by atoms with Gasteiger partial charge in [0.15, 0.2) is 0 Å². The summed E-state index contributed by atoms with van der Waals surface area (Å²) in [5, 5.41) is 4.47. The molecule has 0 aliphatic carbocycles. The Hall–Kier alpha value is -0.790. The summed E-state index contributed by atoms with van der Waals surface area (Å²) in [6, 6.07) is 2.12. The first-order valence-electron chi connectivity index (χ1n) is 4.51. The Labute approximate surface area is 74.6 Å². The third-order valence-corrected chi connectivity index (χ3v) is 2.45. The molecule has 0 saturated carbocycles. The molecule has 0 bridgehead atoms. The van der Waals surface area contributed by atoms with Crippen molar-refractivity contribution in [2.24, 2.45) is 0 Å². The lowest BCUT2D eigenvalue weighted by Gasteiger charge is -2.25. The van der Waals surface area contributed by atoms with Gasteiger partial charge >= 0.3 is 0 Å². The normalized spacial score (nSPS) is 12.1. The van der Waals surface area contributed by atoms with Gasteiger partial charge in [0, 0.05) is 5.69 Å². The standard InChI is InChI=1S/C10H18N2/c1-6-10(4,5)12-9(3)7-8(2)11-12/h7H,6H2,1-5H3. The van der Waals surface area contributed by atoms with Gasteiger partial charge < -0.3 is 0 Å². The summed E-state index contributed by atoms with van der Waals surface area (Å²) in [6.07, 6.45) is 1.11. The van der Waals surface area contributed by atoms with Crippen molar-refractivity contribution in [3.05, 3.63) is 17.5 Å². The average Bonchev–Trinajstić information content (AvgIpc) is 2.31. The van der Waals surface area contributed by atoms with Crippen LogP contribution in [0.25, 0.3) is 0 Å². The molecule has 0 unspecified atom stereocenters. The second-order valence-electron chi connectivity index (χ2n) is 4.00. The molecule has 0 spiro atoms. The zero-order valence-corrected chi connectivity index (χ0v) is 8.68. The van der Waals surface area contributed by atoms with Crippen molar-refractivity contribution in [1.29, 1.82) is 0 Å². The van der Waals surface area contributed by atoms with Crippen molar-refractivity contribution in [2.75, 3.05) is 0 Å². The minimum atomic E-state index is 0.151. The Morgan fingerprint density at radius 3 is 2.33 bits per heavy atom. The number of hydrogen-bond donors (Lipinski definition) is 0. The summed E-state index contributed by atoms with van der Waals surface area (Å²) in [4.78, 5) is 0. The zero-order chi connectivity index (χ0) is 9.35. The molecule has 0 aliphatic heterocycles. The van der Waals surface area contributed by atoms with Gasteiger partial charge in [-0.25, -0.2) is 0 Å². The van der Waals surface area contributed by atoms with Gasteiger partial charge in [0.05, 0.1) is 11.2 Å². The quantitative estimate of drug-likeness (QED) is 0.660. The molecule has 12 heavy (non-hydrogen) atoms. The fourth-order valence-electron chi connectivity index (χ4n) is 1.39. The predicted octanol–water partition coefficient (Wildman–Crippen LogP) is 2.65. The molecular formula is C10H18N2. The van der Waals surface area contributed by atoms with Gasteiger partial charge in [-0.05, 0) is 40.2 Å². The summed E-state index contributed by atoms with van der Waals surface area (Å²) in [5.74, 6) is 0. The van der Waals surface area contributed by atoms with E-state index in [0.717, 1.165) is 12.1 Å². The molecule has 0 radical (unpaired) electrons. The molecule has 0 aliphatic rings. The molecular weight excluding hydrogens is 148 g/mol. The highest BCUT2D eigenvalue weighted by Gasteiger charge is 2.19. The second-order valence-corrected chi connectivity index (χ2v) is 4.00. The first-order valence-corrected chi connectivity index (χ1v) is 4.51. The molecule has 1 rings (SSSR count). The monoisotopic (exact) mass is 166 g/mol. The number of nitrogens with zero attached hydrogens (tertiary/aromatic N) is 2. The van der Waals surface area contributed by atoms with Crippen LogP contribution in [0.15, 0.2) is 6.07 Å². The van der Waals surface area contributed by atoms with Gasteiger partial charge in [-0.1, -0.05) is 6.92 Å². The molecule has 0 N–H and O–H groups in total. The van der Waals surface area contributed by atoms with Crippen LogP contribution < -0.4 is 0 Å². The molecule has 0 atom stereocenters. The van der Waals surface area contributed by atoms with E-state index in [4.69, 9.17) is 0 Å². The fourth-order valence-corrected chi connectivity index (χ4v) is 1.39. The third kappa shape index (κ3) is 1.52. The van der Waals surface area contributed by atoms with E-state index in [2.05, 4.69) is 43.5 Å². The maximum Gasteiger partial charge on any atom is 0.0596 e. The van der Waals surface area contributed by atoms with Crippen LogP contribution in [-0.4, -0.2) is 9.78 Å². The smallest absolute Gasteiger partial charge is 0.0596 e. The largest absolute Gasteiger partial charge is 0.264 e. The van der Waals surface area contributed by atoms with Crippen LogP contribution in [0.4, 0.5) is 0 Å². The van der Waals surface area contributed by atoms with Crippen LogP contribution in [0, 0.1) is 13.8 Å². The molecule has 0 fully saturated rings. The van der Waals surface area contributed by atoms with Gasteiger partial charge in [0.2, 0.25) is 0 Å². The highest BCUT2D eigenvalue weighted by molar-refractivity contribution is 5.08. The van der Waals surface area contributed by atoms with Crippen LogP contribution in [-0.2, 0) is 5.54 Å². The molecule has 0 aromatic carbocycles. The Morgan fingerprint density at radius 2 is 2.00 bits per heavy atom. The lowest BCUT2D eigenvalue weighted by Crippen LogP contribution is -2.27. The van der Waals surface area contributed by atoms with E-state index in [-0.39, 0.29) is 5.54 Å². The fraction of sp³-hybridized carbons (Fsp3) is 0.700. The molecule has 1 aromatic rings. The number of rotatable bonds is 2. The van der Waals surface area contributed by atoms with E-state index in [1.807, 2.05) is 6.92 Å². The molecule has 68 valence electrons. The van der Waals surface area contributed by atoms with Crippen LogP contribution in [0.2, 0.25) is 0 Å².